The molecule has 2 aliphatic carbocycles. The standard InChI is InChI=1S/C23H35F/c1-2-3-4-5-6-8-18-11-12-21-16-22(14-13-20(21)15-18)19-9-7-10-23(24)17-19/h7,9-10,17-18,20-22H,2-6,8,11-16H2,1H3/t18?,20-,21-,22-/m1/s1. The van der Waals surface area contributed by atoms with Gasteiger partial charge in [0.1, 0.15) is 5.82 Å². The molecule has 24 heavy (non-hydrogen) atoms. The average molecular weight is 331 g/mol. The highest BCUT2D eigenvalue weighted by molar-refractivity contribution is 5.21. The fourth-order valence-corrected chi connectivity index (χ4v) is 5.35. The third-order valence-corrected chi connectivity index (χ3v) is 6.76. The van der Waals surface area contributed by atoms with Gasteiger partial charge < -0.3 is 0 Å². The van der Waals surface area contributed by atoms with Gasteiger partial charge in [-0.3, -0.25) is 0 Å². The number of halogens is 1. The van der Waals surface area contributed by atoms with Crippen molar-refractivity contribution >= 4 is 0 Å². The first-order chi connectivity index (χ1) is 11.8. The summed E-state index contributed by atoms with van der Waals surface area (Å²) in [5.41, 5.74) is 1.24. The number of unbranched alkanes of at least 4 members (excludes halogenated alkanes) is 4. The van der Waals surface area contributed by atoms with Gasteiger partial charge in [0.25, 0.3) is 0 Å². The Morgan fingerprint density at radius 2 is 1.71 bits per heavy atom. The van der Waals surface area contributed by atoms with E-state index >= 15 is 0 Å². The lowest BCUT2D eigenvalue weighted by Gasteiger charge is -2.42. The molecule has 0 spiro atoms. The van der Waals surface area contributed by atoms with Crippen LogP contribution in [0.4, 0.5) is 4.39 Å². The van der Waals surface area contributed by atoms with Gasteiger partial charge in [0, 0.05) is 0 Å². The van der Waals surface area contributed by atoms with Crippen LogP contribution in [0.5, 0.6) is 0 Å². The molecule has 2 saturated carbocycles. The monoisotopic (exact) mass is 330 g/mol. The summed E-state index contributed by atoms with van der Waals surface area (Å²) < 4.78 is 13.5. The van der Waals surface area contributed by atoms with E-state index in [0.29, 0.717) is 5.92 Å². The molecule has 2 aliphatic rings. The zero-order valence-electron chi connectivity index (χ0n) is 15.5. The van der Waals surface area contributed by atoms with Crippen LogP contribution in [0.2, 0.25) is 0 Å². The Morgan fingerprint density at radius 1 is 0.917 bits per heavy atom. The summed E-state index contributed by atoms with van der Waals surface area (Å²) in [7, 11) is 0. The van der Waals surface area contributed by atoms with Crippen molar-refractivity contribution in [1.82, 2.24) is 0 Å². The van der Waals surface area contributed by atoms with E-state index in [1.807, 2.05) is 6.07 Å². The SMILES string of the molecule is CCCCCCCC1CC[C@@H]2C[C@H](c3cccc(F)c3)CC[C@@H]2C1. The maximum atomic E-state index is 13.5. The Morgan fingerprint density at radius 3 is 2.54 bits per heavy atom. The third-order valence-electron chi connectivity index (χ3n) is 6.76. The molecule has 2 fully saturated rings. The van der Waals surface area contributed by atoms with Crippen LogP contribution in [0.3, 0.4) is 0 Å². The van der Waals surface area contributed by atoms with Crippen molar-refractivity contribution in [2.75, 3.05) is 0 Å². The first kappa shape index (κ1) is 18.0. The molecule has 4 atom stereocenters. The van der Waals surface area contributed by atoms with Crippen LogP contribution in [-0.4, -0.2) is 0 Å². The van der Waals surface area contributed by atoms with Gasteiger partial charge in [-0.25, -0.2) is 4.39 Å². The van der Waals surface area contributed by atoms with E-state index in [1.54, 1.807) is 12.1 Å². The fourth-order valence-electron chi connectivity index (χ4n) is 5.35. The summed E-state index contributed by atoms with van der Waals surface area (Å²) in [5, 5.41) is 0. The Labute approximate surface area is 148 Å². The number of fused-ring (bicyclic) bond motifs is 1. The summed E-state index contributed by atoms with van der Waals surface area (Å²) in [6, 6.07) is 7.36. The van der Waals surface area contributed by atoms with Crippen LogP contribution in [0.25, 0.3) is 0 Å². The van der Waals surface area contributed by atoms with Gasteiger partial charge in [0.05, 0.1) is 0 Å². The van der Waals surface area contributed by atoms with Crippen molar-refractivity contribution in [2.24, 2.45) is 17.8 Å². The van der Waals surface area contributed by atoms with E-state index < -0.39 is 0 Å². The number of hydrogen-bond donors (Lipinski definition) is 0. The summed E-state index contributed by atoms with van der Waals surface area (Å²) in [6.07, 6.45) is 16.9. The Balaban J connectivity index is 1.44. The molecule has 1 aromatic rings. The molecule has 0 heterocycles. The quantitative estimate of drug-likeness (QED) is 0.454. The average Bonchev–Trinajstić information content (AvgIpc) is 2.61. The molecule has 0 nitrogen and oxygen atoms in total. The Hall–Kier alpha value is -0.850. The topological polar surface area (TPSA) is 0 Å². The van der Waals surface area contributed by atoms with E-state index in [0.717, 1.165) is 17.8 Å². The molecule has 3 rings (SSSR count). The molecule has 0 bridgehead atoms. The lowest BCUT2D eigenvalue weighted by molar-refractivity contribution is 0.113. The van der Waals surface area contributed by atoms with Gasteiger partial charge in [-0.05, 0) is 73.5 Å². The normalized spacial score (nSPS) is 30.1. The predicted octanol–water partition coefficient (Wildman–Crippen LogP) is 7.49. The minimum Gasteiger partial charge on any atom is -0.207 e. The van der Waals surface area contributed by atoms with Gasteiger partial charge in [-0.1, -0.05) is 64.0 Å². The van der Waals surface area contributed by atoms with E-state index in [4.69, 9.17) is 0 Å². The summed E-state index contributed by atoms with van der Waals surface area (Å²) in [4.78, 5) is 0. The summed E-state index contributed by atoms with van der Waals surface area (Å²) >= 11 is 0. The number of hydrogen-bond acceptors (Lipinski definition) is 0. The van der Waals surface area contributed by atoms with Crippen molar-refractivity contribution < 1.29 is 4.39 Å². The van der Waals surface area contributed by atoms with Crippen LogP contribution >= 0.6 is 0 Å². The lowest BCUT2D eigenvalue weighted by Crippen LogP contribution is -2.30. The highest BCUT2D eigenvalue weighted by Crippen LogP contribution is 2.48. The molecule has 0 aliphatic heterocycles. The van der Waals surface area contributed by atoms with Crippen molar-refractivity contribution in [3.05, 3.63) is 35.6 Å². The first-order valence-corrected chi connectivity index (χ1v) is 10.5. The van der Waals surface area contributed by atoms with Gasteiger partial charge in [-0.15, -0.1) is 0 Å². The van der Waals surface area contributed by atoms with E-state index in [-0.39, 0.29) is 5.82 Å². The van der Waals surface area contributed by atoms with Gasteiger partial charge in [0.2, 0.25) is 0 Å². The molecular formula is C23H35F. The molecule has 0 radical (unpaired) electrons. The summed E-state index contributed by atoms with van der Waals surface area (Å²) in [5.74, 6) is 3.40. The van der Waals surface area contributed by atoms with Crippen molar-refractivity contribution in [3.63, 3.8) is 0 Å². The van der Waals surface area contributed by atoms with Crippen LogP contribution in [0.15, 0.2) is 24.3 Å². The Kier molecular flexibility index (Phi) is 6.75. The predicted molar refractivity (Wildman–Crippen MR) is 101 cm³/mol. The number of benzene rings is 1. The highest BCUT2D eigenvalue weighted by Gasteiger charge is 2.35. The first-order valence-electron chi connectivity index (χ1n) is 10.5. The van der Waals surface area contributed by atoms with E-state index in [1.165, 1.54) is 82.6 Å². The zero-order valence-corrected chi connectivity index (χ0v) is 15.5. The summed E-state index contributed by atoms with van der Waals surface area (Å²) in [6.45, 7) is 2.29. The minimum atomic E-state index is -0.0681. The van der Waals surface area contributed by atoms with Gasteiger partial charge in [0.15, 0.2) is 0 Å². The lowest BCUT2D eigenvalue weighted by atomic mass is 9.63. The van der Waals surface area contributed by atoms with Gasteiger partial charge >= 0.3 is 0 Å². The molecule has 134 valence electrons. The largest absolute Gasteiger partial charge is 0.207 e. The fraction of sp³-hybridized carbons (Fsp3) is 0.739. The van der Waals surface area contributed by atoms with Crippen LogP contribution < -0.4 is 0 Å². The van der Waals surface area contributed by atoms with E-state index in [2.05, 4.69) is 13.0 Å². The van der Waals surface area contributed by atoms with Crippen molar-refractivity contribution in [2.45, 2.75) is 89.9 Å². The second-order valence-corrected chi connectivity index (χ2v) is 8.47. The molecular weight excluding hydrogens is 295 g/mol. The zero-order chi connectivity index (χ0) is 16.8. The van der Waals surface area contributed by atoms with E-state index in [9.17, 15) is 4.39 Å². The van der Waals surface area contributed by atoms with Gasteiger partial charge in [-0.2, -0.15) is 0 Å². The number of rotatable bonds is 7. The highest BCUT2D eigenvalue weighted by atomic mass is 19.1. The smallest absolute Gasteiger partial charge is 0.123 e. The molecule has 1 aromatic carbocycles. The van der Waals surface area contributed by atoms with Crippen LogP contribution in [0, 0.1) is 23.6 Å². The molecule has 0 N–H and O–H groups in total. The second kappa shape index (κ2) is 9.02. The minimum absolute atomic E-state index is 0.0681. The molecule has 0 aromatic heterocycles. The van der Waals surface area contributed by atoms with Crippen LogP contribution in [0.1, 0.15) is 95.5 Å². The second-order valence-electron chi connectivity index (χ2n) is 8.47. The van der Waals surface area contributed by atoms with Crippen molar-refractivity contribution in [3.8, 4) is 0 Å². The maximum absolute atomic E-state index is 13.5. The molecule has 0 saturated heterocycles. The molecule has 1 unspecified atom stereocenters. The molecule has 1 heteroatoms. The third kappa shape index (κ3) is 4.83. The van der Waals surface area contributed by atoms with Crippen LogP contribution in [-0.2, 0) is 0 Å². The maximum Gasteiger partial charge on any atom is 0.123 e. The Bertz CT molecular complexity index is 495. The molecule has 0 amide bonds. The van der Waals surface area contributed by atoms with Crippen molar-refractivity contribution in [1.29, 1.82) is 0 Å².